The molecular weight excluding hydrogens is 296 g/mol. The molecule has 0 aliphatic heterocycles. The van der Waals surface area contributed by atoms with Crippen LogP contribution in [0.1, 0.15) is 22.8 Å². The van der Waals surface area contributed by atoms with Crippen molar-refractivity contribution in [3.8, 4) is 0 Å². The summed E-state index contributed by atoms with van der Waals surface area (Å²) in [6.45, 7) is 4.88. The summed E-state index contributed by atoms with van der Waals surface area (Å²) in [5, 5.41) is 4.10. The third-order valence-corrected chi connectivity index (χ3v) is 3.09. The Kier molecular flexibility index (Phi) is 7.29. The molecule has 0 unspecified atom stereocenters. The molecular formula is C17H22N2O4. The quantitative estimate of drug-likeness (QED) is 0.497. The number of carbonyl (C=O) groups is 1. The third-order valence-electron chi connectivity index (χ3n) is 3.09. The number of hydrogen-bond acceptors (Lipinski definition) is 5. The molecule has 0 saturated carbocycles. The monoisotopic (exact) mass is 318 g/mol. The van der Waals surface area contributed by atoms with Crippen LogP contribution in [-0.4, -0.2) is 42.2 Å². The molecule has 23 heavy (non-hydrogen) atoms. The first-order chi connectivity index (χ1) is 11.3. The third kappa shape index (κ3) is 6.22. The molecule has 0 fully saturated rings. The van der Waals surface area contributed by atoms with Gasteiger partial charge in [-0.05, 0) is 12.5 Å². The Hall–Kier alpha value is -2.18. The lowest BCUT2D eigenvalue weighted by Crippen LogP contribution is -2.10. The normalized spacial score (nSPS) is 10.7. The van der Waals surface area contributed by atoms with Gasteiger partial charge >= 0.3 is 5.97 Å². The van der Waals surface area contributed by atoms with E-state index in [1.807, 2.05) is 30.3 Å². The zero-order valence-corrected chi connectivity index (χ0v) is 13.3. The van der Waals surface area contributed by atoms with Crippen LogP contribution in [0, 0.1) is 0 Å². The molecule has 0 radical (unpaired) electrons. The Bertz CT molecular complexity index is 583. The molecule has 6 heteroatoms. The fourth-order valence-corrected chi connectivity index (χ4v) is 1.95. The van der Waals surface area contributed by atoms with Crippen molar-refractivity contribution in [2.24, 2.45) is 0 Å². The van der Waals surface area contributed by atoms with Gasteiger partial charge in [0.05, 0.1) is 51.3 Å². The predicted molar refractivity (Wildman–Crippen MR) is 85.1 cm³/mol. The second kappa shape index (κ2) is 9.76. The summed E-state index contributed by atoms with van der Waals surface area (Å²) in [5.41, 5.74) is 1.61. The van der Waals surface area contributed by atoms with Gasteiger partial charge in [0.15, 0.2) is 0 Å². The lowest BCUT2D eigenvalue weighted by atomic mass is 10.2. The summed E-state index contributed by atoms with van der Waals surface area (Å²) < 4.78 is 17.6. The zero-order valence-electron chi connectivity index (χ0n) is 13.3. The van der Waals surface area contributed by atoms with Gasteiger partial charge in [-0.2, -0.15) is 5.10 Å². The van der Waals surface area contributed by atoms with Crippen LogP contribution in [0.2, 0.25) is 0 Å². The molecule has 0 aliphatic carbocycles. The number of carbonyl (C=O) groups excluding carboxylic acids is 1. The van der Waals surface area contributed by atoms with E-state index in [0.29, 0.717) is 45.1 Å². The smallest absolute Gasteiger partial charge is 0.341 e. The summed E-state index contributed by atoms with van der Waals surface area (Å²) in [5.74, 6) is -0.353. The maximum absolute atomic E-state index is 11.5. The number of rotatable bonds is 10. The Morgan fingerprint density at radius 3 is 2.70 bits per heavy atom. The maximum Gasteiger partial charge on any atom is 0.341 e. The highest BCUT2D eigenvalue weighted by Crippen LogP contribution is 2.01. The van der Waals surface area contributed by atoms with Gasteiger partial charge < -0.3 is 14.2 Å². The van der Waals surface area contributed by atoms with Gasteiger partial charge in [0.2, 0.25) is 0 Å². The minimum atomic E-state index is -0.353. The van der Waals surface area contributed by atoms with E-state index < -0.39 is 0 Å². The van der Waals surface area contributed by atoms with E-state index in [1.165, 1.54) is 6.20 Å². The molecule has 2 rings (SSSR count). The first-order valence-electron chi connectivity index (χ1n) is 7.68. The van der Waals surface area contributed by atoms with Crippen molar-refractivity contribution in [3.05, 3.63) is 53.9 Å². The molecule has 1 aromatic heterocycles. The van der Waals surface area contributed by atoms with Crippen molar-refractivity contribution in [2.45, 2.75) is 20.1 Å². The second-order valence-corrected chi connectivity index (χ2v) is 4.86. The summed E-state index contributed by atoms with van der Waals surface area (Å²) in [4.78, 5) is 11.5. The van der Waals surface area contributed by atoms with E-state index in [2.05, 4.69) is 5.10 Å². The van der Waals surface area contributed by atoms with Gasteiger partial charge in [-0.15, -0.1) is 0 Å². The molecule has 0 saturated heterocycles. The lowest BCUT2D eigenvalue weighted by Gasteiger charge is -2.06. The van der Waals surface area contributed by atoms with Gasteiger partial charge in [-0.3, -0.25) is 4.68 Å². The van der Waals surface area contributed by atoms with Crippen LogP contribution in [-0.2, 0) is 27.4 Å². The van der Waals surface area contributed by atoms with Gasteiger partial charge in [0, 0.05) is 6.20 Å². The van der Waals surface area contributed by atoms with E-state index >= 15 is 0 Å². The fraction of sp³-hybridized carbons (Fsp3) is 0.412. The van der Waals surface area contributed by atoms with Gasteiger partial charge in [0.1, 0.15) is 0 Å². The van der Waals surface area contributed by atoms with Gasteiger partial charge in [-0.25, -0.2) is 4.79 Å². The number of nitrogens with zero attached hydrogens (tertiary/aromatic N) is 2. The van der Waals surface area contributed by atoms with E-state index in [4.69, 9.17) is 14.2 Å². The van der Waals surface area contributed by atoms with Crippen molar-refractivity contribution in [3.63, 3.8) is 0 Å². The highest BCUT2D eigenvalue weighted by Gasteiger charge is 2.08. The Morgan fingerprint density at radius 1 is 1.13 bits per heavy atom. The number of esters is 1. The first-order valence-corrected chi connectivity index (χ1v) is 7.68. The van der Waals surface area contributed by atoms with Crippen LogP contribution in [0.25, 0.3) is 0 Å². The number of aromatic nitrogens is 2. The fourth-order valence-electron chi connectivity index (χ4n) is 1.95. The highest BCUT2D eigenvalue weighted by atomic mass is 16.5. The molecule has 0 spiro atoms. The van der Waals surface area contributed by atoms with Crippen molar-refractivity contribution in [1.82, 2.24) is 9.78 Å². The van der Waals surface area contributed by atoms with Gasteiger partial charge in [-0.1, -0.05) is 30.3 Å². The molecule has 6 nitrogen and oxygen atoms in total. The van der Waals surface area contributed by atoms with Crippen molar-refractivity contribution in [2.75, 3.05) is 26.4 Å². The van der Waals surface area contributed by atoms with Crippen LogP contribution >= 0.6 is 0 Å². The average Bonchev–Trinajstić information content (AvgIpc) is 3.04. The SMILES string of the molecule is CCOC(=O)c1cnn(CCOCCOCc2ccccc2)c1. The largest absolute Gasteiger partial charge is 0.462 e. The summed E-state index contributed by atoms with van der Waals surface area (Å²) >= 11 is 0. The minimum Gasteiger partial charge on any atom is -0.462 e. The molecule has 2 aromatic rings. The van der Waals surface area contributed by atoms with E-state index in [1.54, 1.807) is 17.8 Å². The number of hydrogen-bond donors (Lipinski definition) is 0. The van der Waals surface area contributed by atoms with E-state index in [0.717, 1.165) is 5.56 Å². The zero-order chi connectivity index (χ0) is 16.3. The molecule has 0 aliphatic rings. The molecule has 1 heterocycles. The van der Waals surface area contributed by atoms with Crippen molar-refractivity contribution < 1.29 is 19.0 Å². The van der Waals surface area contributed by atoms with E-state index in [-0.39, 0.29) is 5.97 Å². The molecule has 0 amide bonds. The lowest BCUT2D eigenvalue weighted by molar-refractivity contribution is 0.0371. The maximum atomic E-state index is 11.5. The minimum absolute atomic E-state index is 0.353. The van der Waals surface area contributed by atoms with E-state index in [9.17, 15) is 4.79 Å². The Balaban J connectivity index is 1.54. The molecule has 0 bridgehead atoms. The van der Waals surface area contributed by atoms with Crippen molar-refractivity contribution in [1.29, 1.82) is 0 Å². The molecule has 124 valence electrons. The summed E-state index contributed by atoms with van der Waals surface area (Å²) in [7, 11) is 0. The standard InChI is InChI=1S/C17H22N2O4/c1-2-23-17(20)16-12-18-19(13-16)8-9-21-10-11-22-14-15-6-4-3-5-7-15/h3-7,12-13H,2,8-11,14H2,1H3. The van der Waals surface area contributed by atoms with Crippen LogP contribution in [0.15, 0.2) is 42.7 Å². The molecule has 1 aromatic carbocycles. The van der Waals surface area contributed by atoms with Crippen LogP contribution < -0.4 is 0 Å². The summed E-state index contributed by atoms with van der Waals surface area (Å²) in [6.07, 6.45) is 3.16. The van der Waals surface area contributed by atoms with Crippen molar-refractivity contribution >= 4 is 5.97 Å². The van der Waals surface area contributed by atoms with Crippen LogP contribution in [0.5, 0.6) is 0 Å². The van der Waals surface area contributed by atoms with Crippen LogP contribution in [0.4, 0.5) is 0 Å². The van der Waals surface area contributed by atoms with Gasteiger partial charge in [0.25, 0.3) is 0 Å². The molecule has 0 N–H and O–H groups in total. The first kappa shape index (κ1) is 17.2. The number of ether oxygens (including phenoxy) is 3. The summed E-state index contributed by atoms with van der Waals surface area (Å²) in [6, 6.07) is 10.0. The average molecular weight is 318 g/mol. The topological polar surface area (TPSA) is 62.6 Å². The Morgan fingerprint density at radius 2 is 1.91 bits per heavy atom. The highest BCUT2D eigenvalue weighted by molar-refractivity contribution is 5.88. The second-order valence-electron chi connectivity index (χ2n) is 4.86. The molecule has 0 atom stereocenters. The number of benzene rings is 1. The predicted octanol–water partition coefficient (Wildman–Crippen LogP) is 2.29. The van der Waals surface area contributed by atoms with Crippen LogP contribution in [0.3, 0.4) is 0 Å². The Labute approximate surface area is 136 Å².